The average molecular weight is 482 g/mol. The Labute approximate surface area is 170 Å². The molecule has 1 aromatic rings. The number of anilines is 1. The highest BCUT2D eigenvalue weighted by molar-refractivity contribution is 14.0. The van der Waals surface area contributed by atoms with Crippen LogP contribution in [0.4, 0.5) is 5.82 Å². The third-order valence-electron chi connectivity index (χ3n) is 3.57. The van der Waals surface area contributed by atoms with Crippen LogP contribution in [0.5, 0.6) is 0 Å². The number of nitrogens with one attached hydrogen (secondary N) is 2. The number of guanidine groups is 1. The van der Waals surface area contributed by atoms with Crippen molar-refractivity contribution >= 4 is 59.1 Å². The summed E-state index contributed by atoms with van der Waals surface area (Å²) >= 11 is 8.08. The first-order valence-corrected chi connectivity index (χ1v) is 9.29. The van der Waals surface area contributed by atoms with Gasteiger partial charge >= 0.3 is 0 Å². The predicted molar refractivity (Wildman–Crippen MR) is 117 cm³/mol. The topological polar surface area (TPSA) is 52.6 Å². The first-order chi connectivity index (χ1) is 11.2. The van der Waals surface area contributed by atoms with Crippen LogP contribution in [0.3, 0.4) is 0 Å². The monoisotopic (exact) mass is 481 g/mol. The van der Waals surface area contributed by atoms with Crippen LogP contribution < -0.4 is 15.5 Å². The van der Waals surface area contributed by atoms with Crippen molar-refractivity contribution in [1.82, 2.24) is 15.6 Å². The van der Waals surface area contributed by atoms with Gasteiger partial charge in [-0.1, -0.05) is 17.7 Å². The van der Waals surface area contributed by atoms with E-state index < -0.39 is 0 Å². The van der Waals surface area contributed by atoms with E-state index in [-0.39, 0.29) is 24.0 Å². The molecule has 2 rings (SSSR count). The average Bonchev–Trinajstić information content (AvgIpc) is 3.02. The van der Waals surface area contributed by atoms with E-state index in [0.717, 1.165) is 49.3 Å². The molecule has 0 spiro atoms. The molecule has 0 amide bonds. The highest BCUT2D eigenvalue weighted by Gasteiger charge is 2.25. The summed E-state index contributed by atoms with van der Waals surface area (Å²) in [5.41, 5.74) is 0. The van der Waals surface area contributed by atoms with Crippen molar-refractivity contribution < 1.29 is 0 Å². The second-order valence-corrected chi connectivity index (χ2v) is 6.80. The van der Waals surface area contributed by atoms with Crippen molar-refractivity contribution in [1.29, 1.82) is 0 Å². The molecule has 1 aliphatic heterocycles. The van der Waals surface area contributed by atoms with Gasteiger partial charge in [-0.25, -0.2) is 4.98 Å². The van der Waals surface area contributed by atoms with E-state index in [4.69, 9.17) is 11.6 Å². The van der Waals surface area contributed by atoms with Gasteiger partial charge in [0.2, 0.25) is 0 Å². The number of hydrogen-bond donors (Lipinski definition) is 2. The highest BCUT2D eigenvalue weighted by Crippen LogP contribution is 2.25. The molecule has 0 radical (unpaired) electrons. The van der Waals surface area contributed by atoms with Crippen LogP contribution in [0.2, 0.25) is 5.02 Å². The molecule has 24 heavy (non-hydrogen) atoms. The van der Waals surface area contributed by atoms with Gasteiger partial charge in [-0.05, 0) is 18.6 Å². The predicted octanol–water partition coefficient (Wildman–Crippen LogP) is 3.02. The molecule has 134 valence electrons. The quantitative estimate of drug-likeness (QED) is 0.206. The third kappa shape index (κ3) is 6.68. The molecule has 1 aliphatic rings. The maximum atomic E-state index is 6.23. The van der Waals surface area contributed by atoms with E-state index in [1.54, 1.807) is 13.2 Å². The minimum Gasteiger partial charge on any atom is -0.356 e. The summed E-state index contributed by atoms with van der Waals surface area (Å²) < 4.78 is 0. The molecule has 0 bridgehead atoms. The van der Waals surface area contributed by atoms with E-state index >= 15 is 0 Å². The summed E-state index contributed by atoms with van der Waals surface area (Å²) in [7, 11) is 1.80. The standard InChI is InChI=1S/C16H24ClN5S.HI/c1-3-10-23-11-8-20-16(18-2)21-13-6-9-22(12-13)15-14(17)5-4-7-19-15;/h3-5,7,13H,1,6,8-12H2,2H3,(H2,18,20,21);1H. The summed E-state index contributed by atoms with van der Waals surface area (Å²) in [6, 6.07) is 4.08. The van der Waals surface area contributed by atoms with E-state index in [1.807, 2.05) is 30.0 Å². The maximum absolute atomic E-state index is 6.23. The van der Waals surface area contributed by atoms with Crippen molar-refractivity contribution in [3.8, 4) is 0 Å². The first kappa shape index (κ1) is 21.4. The number of nitrogens with zero attached hydrogens (tertiary/aromatic N) is 3. The van der Waals surface area contributed by atoms with E-state index in [2.05, 4.69) is 32.1 Å². The van der Waals surface area contributed by atoms with Gasteiger partial charge < -0.3 is 15.5 Å². The molecule has 1 unspecified atom stereocenters. The zero-order valence-corrected chi connectivity index (χ0v) is 17.8. The van der Waals surface area contributed by atoms with Crippen molar-refractivity contribution in [2.24, 2.45) is 4.99 Å². The van der Waals surface area contributed by atoms with E-state index in [9.17, 15) is 0 Å². The Morgan fingerprint density at radius 2 is 2.46 bits per heavy atom. The van der Waals surface area contributed by atoms with Crippen molar-refractivity contribution in [2.75, 3.05) is 43.1 Å². The van der Waals surface area contributed by atoms with Gasteiger partial charge in [-0.2, -0.15) is 11.8 Å². The highest BCUT2D eigenvalue weighted by atomic mass is 127. The number of hydrogen-bond acceptors (Lipinski definition) is 4. The van der Waals surface area contributed by atoms with Crippen LogP contribution in [0.15, 0.2) is 36.0 Å². The fourth-order valence-electron chi connectivity index (χ4n) is 2.48. The van der Waals surface area contributed by atoms with Crippen LogP contribution in [0, 0.1) is 0 Å². The van der Waals surface area contributed by atoms with E-state index in [0.29, 0.717) is 11.1 Å². The SMILES string of the molecule is C=CCSCCNC(=NC)NC1CCN(c2ncccc2Cl)C1.I. The normalized spacial score (nSPS) is 17.3. The molecule has 5 nitrogen and oxygen atoms in total. The largest absolute Gasteiger partial charge is 0.356 e. The van der Waals surface area contributed by atoms with Gasteiger partial charge in [0.1, 0.15) is 5.82 Å². The Kier molecular flexibility index (Phi) is 10.5. The summed E-state index contributed by atoms with van der Waals surface area (Å²) in [4.78, 5) is 10.9. The summed E-state index contributed by atoms with van der Waals surface area (Å²) in [6.45, 7) is 6.43. The summed E-state index contributed by atoms with van der Waals surface area (Å²) in [5.74, 6) is 3.73. The van der Waals surface area contributed by atoms with Crippen LogP contribution in [0.1, 0.15) is 6.42 Å². The van der Waals surface area contributed by atoms with Gasteiger partial charge in [0.25, 0.3) is 0 Å². The lowest BCUT2D eigenvalue weighted by atomic mass is 10.3. The molecule has 8 heteroatoms. The Balaban J connectivity index is 0.00000288. The van der Waals surface area contributed by atoms with Crippen LogP contribution >= 0.6 is 47.3 Å². The van der Waals surface area contributed by atoms with Crippen molar-refractivity contribution in [3.05, 3.63) is 36.0 Å². The lowest BCUT2D eigenvalue weighted by Crippen LogP contribution is -2.45. The maximum Gasteiger partial charge on any atom is 0.191 e. The van der Waals surface area contributed by atoms with Crippen LogP contribution in [-0.2, 0) is 0 Å². The smallest absolute Gasteiger partial charge is 0.191 e. The van der Waals surface area contributed by atoms with Gasteiger partial charge in [0, 0.05) is 50.4 Å². The Morgan fingerprint density at radius 1 is 1.62 bits per heavy atom. The Bertz CT molecular complexity index is 543. The number of thioether (sulfide) groups is 1. The number of aliphatic imine (C=N–C) groups is 1. The minimum atomic E-state index is 0. The lowest BCUT2D eigenvalue weighted by Gasteiger charge is -2.20. The molecule has 1 fully saturated rings. The second-order valence-electron chi connectivity index (χ2n) is 5.25. The number of halogens is 2. The third-order valence-corrected chi connectivity index (χ3v) is 4.83. The Morgan fingerprint density at radius 3 is 3.17 bits per heavy atom. The summed E-state index contributed by atoms with van der Waals surface area (Å²) in [5, 5.41) is 7.52. The van der Waals surface area contributed by atoms with Crippen molar-refractivity contribution in [3.63, 3.8) is 0 Å². The lowest BCUT2D eigenvalue weighted by molar-refractivity contribution is 0.652. The molecule has 1 atom stereocenters. The second kappa shape index (κ2) is 11.8. The van der Waals surface area contributed by atoms with E-state index in [1.165, 1.54) is 0 Å². The van der Waals surface area contributed by atoms with Crippen molar-refractivity contribution in [2.45, 2.75) is 12.5 Å². The minimum absolute atomic E-state index is 0. The molecule has 1 saturated heterocycles. The molecule has 0 aliphatic carbocycles. The number of pyridine rings is 1. The Hall–Kier alpha value is -0.670. The molecule has 0 saturated carbocycles. The molecular formula is C16H25ClIN5S. The van der Waals surface area contributed by atoms with Gasteiger partial charge in [-0.3, -0.25) is 4.99 Å². The molecule has 2 heterocycles. The first-order valence-electron chi connectivity index (χ1n) is 7.76. The van der Waals surface area contributed by atoms with Crippen LogP contribution in [-0.4, -0.2) is 55.2 Å². The fourth-order valence-corrected chi connectivity index (χ4v) is 3.30. The number of aromatic nitrogens is 1. The van der Waals surface area contributed by atoms with Gasteiger partial charge in [-0.15, -0.1) is 30.6 Å². The van der Waals surface area contributed by atoms with Gasteiger partial charge in [0.05, 0.1) is 5.02 Å². The summed E-state index contributed by atoms with van der Waals surface area (Å²) in [6.07, 6.45) is 4.75. The number of rotatable bonds is 7. The molecule has 2 N–H and O–H groups in total. The molecule has 1 aromatic heterocycles. The molecule has 0 aromatic carbocycles. The van der Waals surface area contributed by atoms with Gasteiger partial charge in [0.15, 0.2) is 5.96 Å². The zero-order valence-electron chi connectivity index (χ0n) is 13.9. The fraction of sp³-hybridized carbons (Fsp3) is 0.500. The molecular weight excluding hydrogens is 457 g/mol. The van der Waals surface area contributed by atoms with Crippen LogP contribution in [0.25, 0.3) is 0 Å². The zero-order chi connectivity index (χ0) is 16.5.